The van der Waals surface area contributed by atoms with Crippen molar-refractivity contribution in [1.29, 1.82) is 0 Å². The maximum atomic E-state index is 12.0. The molecule has 108 valence electrons. The van der Waals surface area contributed by atoms with Crippen LogP contribution in [0.2, 0.25) is 0 Å². The third-order valence-electron chi connectivity index (χ3n) is 3.41. The molecule has 1 aliphatic rings. The molecule has 2 rings (SSSR count). The molecule has 1 fully saturated rings. The fourth-order valence-electron chi connectivity index (χ4n) is 2.19. The van der Waals surface area contributed by atoms with E-state index >= 15 is 0 Å². The quantitative estimate of drug-likeness (QED) is 0.504. The van der Waals surface area contributed by atoms with Crippen LogP contribution in [0.25, 0.3) is 0 Å². The normalized spacial score (nSPS) is 21.6. The zero-order valence-corrected chi connectivity index (χ0v) is 12.0. The summed E-state index contributed by atoms with van der Waals surface area (Å²) in [6, 6.07) is 4.11. The molecule has 7 heteroatoms. The third kappa shape index (κ3) is 3.22. The zero-order chi connectivity index (χ0) is 14.8. The second-order valence-corrected chi connectivity index (χ2v) is 6.80. The molecular weight excluding hydrogens is 278 g/mol. The number of thioether (sulfide) groups is 1. The molecule has 1 atom stereocenters. The number of hydrogen-bond donors (Lipinski definition) is 2. The maximum absolute atomic E-state index is 12.0. The van der Waals surface area contributed by atoms with Gasteiger partial charge < -0.3 is 11.1 Å². The first kappa shape index (κ1) is 14.6. The lowest BCUT2D eigenvalue weighted by atomic mass is 10.1. The molecule has 1 aromatic rings. The molecule has 1 aromatic carbocycles. The fraction of sp³-hybridized carbons (Fsp3) is 0.462. The van der Waals surface area contributed by atoms with E-state index in [0.29, 0.717) is 6.54 Å². The first-order chi connectivity index (χ1) is 9.41. The van der Waals surface area contributed by atoms with Gasteiger partial charge in [0, 0.05) is 22.9 Å². The monoisotopic (exact) mass is 295 g/mol. The van der Waals surface area contributed by atoms with Crippen LogP contribution in [0.3, 0.4) is 0 Å². The molecule has 1 amide bonds. The van der Waals surface area contributed by atoms with Gasteiger partial charge in [-0.25, -0.2) is 0 Å². The van der Waals surface area contributed by atoms with E-state index in [1.54, 1.807) is 0 Å². The zero-order valence-electron chi connectivity index (χ0n) is 11.2. The average molecular weight is 295 g/mol. The number of benzene rings is 1. The van der Waals surface area contributed by atoms with Crippen LogP contribution in [0.4, 0.5) is 11.4 Å². The van der Waals surface area contributed by atoms with Crippen LogP contribution in [-0.4, -0.2) is 27.9 Å². The van der Waals surface area contributed by atoms with Gasteiger partial charge in [-0.15, -0.1) is 0 Å². The summed E-state index contributed by atoms with van der Waals surface area (Å²) in [6.07, 6.45) is 2.23. The Morgan fingerprint density at radius 1 is 1.60 bits per heavy atom. The van der Waals surface area contributed by atoms with E-state index in [2.05, 4.69) is 12.2 Å². The minimum absolute atomic E-state index is 0.0601. The topological polar surface area (TPSA) is 98.3 Å². The number of amides is 1. The van der Waals surface area contributed by atoms with E-state index in [0.717, 1.165) is 18.6 Å². The lowest BCUT2D eigenvalue weighted by Gasteiger charge is -2.22. The molecular formula is C13H17N3O3S. The van der Waals surface area contributed by atoms with Gasteiger partial charge in [-0.3, -0.25) is 14.9 Å². The molecule has 0 spiro atoms. The number of nitrogens with two attached hydrogens (primary N) is 1. The summed E-state index contributed by atoms with van der Waals surface area (Å²) in [7, 11) is 0. The van der Waals surface area contributed by atoms with Crippen LogP contribution in [0, 0.1) is 10.1 Å². The smallest absolute Gasteiger partial charge is 0.292 e. The average Bonchev–Trinajstić information content (AvgIpc) is 2.84. The lowest BCUT2D eigenvalue weighted by molar-refractivity contribution is -0.383. The fourth-order valence-corrected chi connectivity index (χ4v) is 3.43. The summed E-state index contributed by atoms with van der Waals surface area (Å²) in [5.41, 5.74) is 5.59. The van der Waals surface area contributed by atoms with Crippen LogP contribution in [0.15, 0.2) is 18.2 Å². The molecule has 6 nitrogen and oxygen atoms in total. The summed E-state index contributed by atoms with van der Waals surface area (Å²) in [5.74, 6) is 0.807. The molecule has 0 bridgehead atoms. The molecule has 1 unspecified atom stereocenters. The standard InChI is InChI=1S/C13H17N3O3S/c1-13(5-2-6-20-13)8-15-12(17)9-3-4-10(14)11(7-9)16(18)19/h3-4,7H,2,5-6,8,14H2,1H3,(H,15,17). The number of anilines is 1. The summed E-state index contributed by atoms with van der Waals surface area (Å²) < 4.78 is 0.0649. The van der Waals surface area contributed by atoms with Crippen molar-refractivity contribution < 1.29 is 9.72 Å². The molecule has 3 N–H and O–H groups in total. The van der Waals surface area contributed by atoms with Gasteiger partial charge in [-0.2, -0.15) is 11.8 Å². The highest BCUT2D eigenvalue weighted by atomic mass is 32.2. The van der Waals surface area contributed by atoms with Gasteiger partial charge in [0.1, 0.15) is 5.69 Å². The highest BCUT2D eigenvalue weighted by Gasteiger charge is 2.30. The van der Waals surface area contributed by atoms with E-state index in [4.69, 9.17) is 5.73 Å². The van der Waals surface area contributed by atoms with Crippen LogP contribution >= 0.6 is 11.8 Å². The Balaban J connectivity index is 2.06. The number of nitro groups is 1. The Hall–Kier alpha value is -1.76. The molecule has 0 aromatic heterocycles. The Morgan fingerprint density at radius 2 is 2.35 bits per heavy atom. The summed E-state index contributed by atoms with van der Waals surface area (Å²) in [6.45, 7) is 2.69. The van der Waals surface area contributed by atoms with Crippen LogP contribution in [-0.2, 0) is 0 Å². The van der Waals surface area contributed by atoms with Crippen molar-refractivity contribution in [2.45, 2.75) is 24.5 Å². The first-order valence-electron chi connectivity index (χ1n) is 6.37. The molecule has 1 heterocycles. The van der Waals surface area contributed by atoms with Gasteiger partial charge >= 0.3 is 0 Å². The van der Waals surface area contributed by atoms with Crippen molar-refractivity contribution >= 4 is 29.0 Å². The highest BCUT2D eigenvalue weighted by Crippen LogP contribution is 2.37. The van der Waals surface area contributed by atoms with Gasteiger partial charge in [0.05, 0.1) is 4.92 Å². The lowest BCUT2D eigenvalue weighted by Crippen LogP contribution is -2.36. The second-order valence-electron chi connectivity index (χ2n) is 5.12. The van der Waals surface area contributed by atoms with Crippen molar-refractivity contribution in [2.75, 3.05) is 18.0 Å². The minimum Gasteiger partial charge on any atom is -0.393 e. The SMILES string of the molecule is CC1(CNC(=O)c2ccc(N)c([N+](=O)[O-])c2)CCCS1. The summed E-state index contributed by atoms with van der Waals surface area (Å²) in [4.78, 5) is 22.3. The van der Waals surface area contributed by atoms with Crippen LogP contribution < -0.4 is 11.1 Å². The highest BCUT2D eigenvalue weighted by molar-refractivity contribution is 8.00. The molecule has 0 radical (unpaired) electrons. The molecule has 0 saturated carbocycles. The Kier molecular flexibility index (Phi) is 4.17. The van der Waals surface area contributed by atoms with Gasteiger partial charge in [0.2, 0.25) is 0 Å². The van der Waals surface area contributed by atoms with Gasteiger partial charge in [-0.1, -0.05) is 0 Å². The van der Waals surface area contributed by atoms with Crippen LogP contribution in [0.1, 0.15) is 30.1 Å². The van der Waals surface area contributed by atoms with Crippen molar-refractivity contribution in [3.05, 3.63) is 33.9 Å². The van der Waals surface area contributed by atoms with E-state index in [1.807, 2.05) is 11.8 Å². The van der Waals surface area contributed by atoms with E-state index < -0.39 is 4.92 Å². The van der Waals surface area contributed by atoms with Crippen LogP contribution in [0.5, 0.6) is 0 Å². The number of carbonyl (C=O) groups excluding carboxylic acids is 1. The van der Waals surface area contributed by atoms with Gasteiger partial charge in [-0.05, 0) is 37.7 Å². The third-order valence-corrected chi connectivity index (χ3v) is 4.95. The van der Waals surface area contributed by atoms with E-state index in [-0.39, 0.29) is 27.6 Å². The summed E-state index contributed by atoms with van der Waals surface area (Å²) in [5, 5.41) is 13.6. The number of nitrogens with one attached hydrogen (secondary N) is 1. The second kappa shape index (κ2) is 5.70. The first-order valence-corrected chi connectivity index (χ1v) is 7.36. The molecule has 1 saturated heterocycles. The van der Waals surface area contributed by atoms with Crippen molar-refractivity contribution in [3.63, 3.8) is 0 Å². The summed E-state index contributed by atoms with van der Waals surface area (Å²) >= 11 is 1.85. The molecule has 20 heavy (non-hydrogen) atoms. The molecule has 0 aliphatic carbocycles. The Labute approximate surface area is 121 Å². The van der Waals surface area contributed by atoms with E-state index in [9.17, 15) is 14.9 Å². The molecule has 1 aliphatic heterocycles. The number of nitro benzene ring substituents is 1. The van der Waals surface area contributed by atoms with Gasteiger partial charge in [0.15, 0.2) is 0 Å². The Morgan fingerprint density at radius 3 is 2.95 bits per heavy atom. The minimum atomic E-state index is -0.583. The number of nitrogens with zero attached hydrogens (tertiary/aromatic N) is 1. The number of rotatable bonds is 4. The Bertz CT molecular complexity index is 542. The van der Waals surface area contributed by atoms with Crippen molar-refractivity contribution in [2.24, 2.45) is 0 Å². The number of nitrogen functional groups attached to an aromatic ring is 1. The maximum Gasteiger partial charge on any atom is 0.292 e. The van der Waals surface area contributed by atoms with Gasteiger partial charge in [0.25, 0.3) is 11.6 Å². The van der Waals surface area contributed by atoms with Crippen molar-refractivity contribution in [1.82, 2.24) is 5.32 Å². The van der Waals surface area contributed by atoms with Crippen molar-refractivity contribution in [3.8, 4) is 0 Å². The predicted octanol–water partition coefficient (Wildman–Crippen LogP) is 2.19. The number of carbonyl (C=O) groups is 1. The largest absolute Gasteiger partial charge is 0.393 e. The predicted molar refractivity (Wildman–Crippen MR) is 79.9 cm³/mol. The number of hydrogen-bond acceptors (Lipinski definition) is 5. The van der Waals surface area contributed by atoms with E-state index in [1.165, 1.54) is 18.2 Å².